The van der Waals surface area contributed by atoms with Crippen molar-refractivity contribution < 1.29 is 8.42 Å². The fourth-order valence-corrected chi connectivity index (χ4v) is 2.87. The Labute approximate surface area is 124 Å². The molecular formula is C17H13NO2S. The first kappa shape index (κ1) is 14.8. The van der Waals surface area contributed by atoms with Crippen LogP contribution in [-0.4, -0.2) is 8.42 Å². The van der Waals surface area contributed by atoms with Crippen LogP contribution in [-0.2, 0) is 9.84 Å². The van der Waals surface area contributed by atoms with Gasteiger partial charge in [-0.1, -0.05) is 60.7 Å². The number of hydrogen-bond donors (Lipinski definition) is 0. The lowest BCUT2D eigenvalue weighted by molar-refractivity contribution is 0.603. The first-order valence-electron chi connectivity index (χ1n) is 6.28. The lowest BCUT2D eigenvalue weighted by atomic mass is 10.2. The molecule has 21 heavy (non-hydrogen) atoms. The molecule has 0 N–H and O–H groups in total. The predicted molar refractivity (Wildman–Crippen MR) is 82.8 cm³/mol. The summed E-state index contributed by atoms with van der Waals surface area (Å²) in [5.41, 5.74) is 0.933. The van der Waals surface area contributed by atoms with E-state index in [1.165, 1.54) is 18.2 Å². The van der Waals surface area contributed by atoms with E-state index in [2.05, 4.69) is 0 Å². The Morgan fingerprint density at radius 2 is 1.52 bits per heavy atom. The van der Waals surface area contributed by atoms with Crippen molar-refractivity contribution in [3.05, 3.63) is 83.3 Å². The molecule has 0 bridgehead atoms. The van der Waals surface area contributed by atoms with Gasteiger partial charge in [0.2, 0.25) is 9.84 Å². The van der Waals surface area contributed by atoms with Crippen LogP contribution in [0.5, 0.6) is 0 Å². The second kappa shape index (κ2) is 6.69. The van der Waals surface area contributed by atoms with Gasteiger partial charge in [-0.25, -0.2) is 8.42 Å². The van der Waals surface area contributed by atoms with E-state index in [-0.39, 0.29) is 9.80 Å². The highest BCUT2D eigenvalue weighted by Crippen LogP contribution is 2.18. The number of nitrogens with zero attached hydrogens (tertiary/aromatic N) is 1. The minimum Gasteiger partial charge on any atom is -0.218 e. The van der Waals surface area contributed by atoms with Crippen LogP contribution in [0.2, 0.25) is 0 Å². The Morgan fingerprint density at radius 1 is 0.952 bits per heavy atom. The highest BCUT2D eigenvalue weighted by atomic mass is 32.2. The second-order valence-electron chi connectivity index (χ2n) is 4.23. The number of hydrogen-bond acceptors (Lipinski definition) is 3. The molecule has 0 aromatic heterocycles. The summed E-state index contributed by atoms with van der Waals surface area (Å²) in [6, 6.07) is 19.1. The molecule has 0 heterocycles. The third kappa shape index (κ3) is 3.68. The van der Waals surface area contributed by atoms with Crippen LogP contribution >= 0.6 is 0 Å². The Balaban J connectivity index is 2.30. The molecule has 0 amide bonds. The molecule has 0 saturated carbocycles. The summed E-state index contributed by atoms with van der Waals surface area (Å²) in [6.45, 7) is 0. The van der Waals surface area contributed by atoms with Gasteiger partial charge in [-0.05, 0) is 23.8 Å². The zero-order valence-corrected chi connectivity index (χ0v) is 12.0. The summed E-state index contributed by atoms with van der Waals surface area (Å²) < 4.78 is 24.6. The van der Waals surface area contributed by atoms with Gasteiger partial charge < -0.3 is 0 Å². The van der Waals surface area contributed by atoms with Crippen molar-refractivity contribution in [2.75, 3.05) is 0 Å². The summed E-state index contributed by atoms with van der Waals surface area (Å²) in [5.74, 6) is 0. The van der Waals surface area contributed by atoms with Crippen molar-refractivity contribution in [1.82, 2.24) is 0 Å². The van der Waals surface area contributed by atoms with Crippen molar-refractivity contribution in [3.8, 4) is 6.07 Å². The zero-order valence-electron chi connectivity index (χ0n) is 11.2. The van der Waals surface area contributed by atoms with Crippen molar-refractivity contribution in [2.24, 2.45) is 0 Å². The van der Waals surface area contributed by atoms with Crippen LogP contribution < -0.4 is 0 Å². The Morgan fingerprint density at radius 3 is 2.10 bits per heavy atom. The van der Waals surface area contributed by atoms with E-state index in [0.717, 1.165) is 5.56 Å². The van der Waals surface area contributed by atoms with E-state index in [0.29, 0.717) is 0 Å². The highest BCUT2D eigenvalue weighted by molar-refractivity contribution is 7.95. The van der Waals surface area contributed by atoms with Gasteiger partial charge in [-0.15, -0.1) is 0 Å². The van der Waals surface area contributed by atoms with Crippen molar-refractivity contribution in [3.63, 3.8) is 0 Å². The third-order valence-corrected chi connectivity index (χ3v) is 4.49. The Bertz CT molecular complexity index is 799. The van der Waals surface area contributed by atoms with Gasteiger partial charge in [0.25, 0.3) is 0 Å². The molecule has 0 aliphatic heterocycles. The standard InChI is InChI=1S/C17H13NO2S/c18-14-17(13-7-10-15-8-3-1-4-9-15)21(19,20)16-11-5-2-6-12-16/h1-13H. The summed E-state index contributed by atoms with van der Waals surface area (Å²) in [4.78, 5) is -0.160. The fraction of sp³-hybridized carbons (Fsp3) is 0. The maximum atomic E-state index is 12.3. The topological polar surface area (TPSA) is 57.9 Å². The van der Waals surface area contributed by atoms with E-state index in [1.807, 2.05) is 30.3 Å². The van der Waals surface area contributed by atoms with Crippen LogP contribution in [0.15, 0.2) is 82.6 Å². The van der Waals surface area contributed by atoms with E-state index >= 15 is 0 Å². The summed E-state index contributed by atoms with van der Waals surface area (Å²) >= 11 is 0. The van der Waals surface area contributed by atoms with Crippen LogP contribution in [0.4, 0.5) is 0 Å². The van der Waals surface area contributed by atoms with Crippen LogP contribution in [0.1, 0.15) is 5.56 Å². The summed E-state index contributed by atoms with van der Waals surface area (Å²) in [7, 11) is -3.76. The molecule has 2 rings (SSSR count). The maximum absolute atomic E-state index is 12.3. The van der Waals surface area contributed by atoms with Gasteiger partial charge in [0.15, 0.2) is 0 Å². The van der Waals surface area contributed by atoms with Crippen LogP contribution in [0.3, 0.4) is 0 Å². The molecule has 104 valence electrons. The van der Waals surface area contributed by atoms with E-state index in [9.17, 15) is 8.42 Å². The van der Waals surface area contributed by atoms with Gasteiger partial charge in [0.05, 0.1) is 4.90 Å². The average Bonchev–Trinajstić information content (AvgIpc) is 2.53. The Kier molecular flexibility index (Phi) is 4.70. The molecule has 2 aromatic carbocycles. The predicted octanol–water partition coefficient (Wildman–Crippen LogP) is 3.58. The van der Waals surface area contributed by atoms with Crippen LogP contribution in [0.25, 0.3) is 6.08 Å². The lowest BCUT2D eigenvalue weighted by Crippen LogP contribution is -2.02. The fourth-order valence-electron chi connectivity index (χ4n) is 1.72. The number of allylic oxidation sites excluding steroid dienone is 3. The minimum absolute atomic E-state index is 0.117. The largest absolute Gasteiger partial charge is 0.218 e. The summed E-state index contributed by atoms with van der Waals surface area (Å²) in [6.07, 6.45) is 4.63. The average molecular weight is 295 g/mol. The SMILES string of the molecule is N#CC(=CC=Cc1ccccc1)S(=O)(=O)c1ccccc1. The molecular weight excluding hydrogens is 282 g/mol. The first-order valence-corrected chi connectivity index (χ1v) is 7.76. The van der Waals surface area contributed by atoms with E-state index < -0.39 is 9.84 Å². The lowest BCUT2D eigenvalue weighted by Gasteiger charge is -2.01. The second-order valence-corrected chi connectivity index (χ2v) is 6.15. The monoisotopic (exact) mass is 295 g/mol. The van der Waals surface area contributed by atoms with E-state index in [4.69, 9.17) is 5.26 Å². The zero-order chi connectivity index (χ0) is 15.1. The van der Waals surface area contributed by atoms with E-state index in [1.54, 1.807) is 36.4 Å². The van der Waals surface area contributed by atoms with Crippen molar-refractivity contribution in [1.29, 1.82) is 5.26 Å². The Hall–Kier alpha value is -2.64. The molecule has 2 aromatic rings. The number of rotatable bonds is 4. The molecule has 0 spiro atoms. The maximum Gasteiger partial charge on any atom is 0.216 e. The first-order chi connectivity index (χ1) is 10.1. The third-order valence-electron chi connectivity index (χ3n) is 2.79. The van der Waals surface area contributed by atoms with Gasteiger partial charge in [-0.2, -0.15) is 5.26 Å². The molecule has 0 aliphatic carbocycles. The van der Waals surface area contributed by atoms with Crippen molar-refractivity contribution in [2.45, 2.75) is 4.90 Å². The molecule has 0 atom stereocenters. The number of sulfone groups is 1. The van der Waals surface area contributed by atoms with Crippen LogP contribution in [0, 0.1) is 11.3 Å². The molecule has 4 heteroatoms. The van der Waals surface area contributed by atoms with Crippen molar-refractivity contribution >= 4 is 15.9 Å². The molecule has 3 nitrogen and oxygen atoms in total. The summed E-state index contributed by atoms with van der Waals surface area (Å²) in [5, 5.41) is 9.09. The van der Waals surface area contributed by atoms with Gasteiger partial charge in [0.1, 0.15) is 11.0 Å². The van der Waals surface area contributed by atoms with Gasteiger partial charge >= 0.3 is 0 Å². The molecule has 0 aliphatic rings. The number of nitriles is 1. The smallest absolute Gasteiger partial charge is 0.216 e. The quantitative estimate of drug-likeness (QED) is 0.640. The van der Waals surface area contributed by atoms with Gasteiger partial charge in [0, 0.05) is 0 Å². The minimum atomic E-state index is -3.76. The molecule has 0 saturated heterocycles. The molecule has 0 radical (unpaired) electrons. The molecule has 0 unspecified atom stereocenters. The van der Waals surface area contributed by atoms with Gasteiger partial charge in [-0.3, -0.25) is 0 Å². The highest BCUT2D eigenvalue weighted by Gasteiger charge is 2.19. The number of benzene rings is 2. The molecule has 0 fully saturated rings. The normalized spacial score (nSPS) is 12.2.